The Morgan fingerprint density at radius 1 is 1.03 bits per heavy atom. The first-order valence-corrected chi connectivity index (χ1v) is 10.7. The van der Waals surface area contributed by atoms with Gasteiger partial charge in [0.05, 0.1) is 50.1 Å². The molecule has 0 spiro atoms. The molecule has 1 N–H and O–H groups in total. The van der Waals surface area contributed by atoms with Crippen molar-refractivity contribution in [1.29, 1.82) is 0 Å². The van der Waals surface area contributed by atoms with Gasteiger partial charge in [0, 0.05) is 0 Å². The minimum Gasteiger partial charge on any atom is -0.496 e. The summed E-state index contributed by atoms with van der Waals surface area (Å²) in [5.74, 6) is 1.45. The van der Waals surface area contributed by atoms with Gasteiger partial charge in [-0.15, -0.1) is 5.10 Å². The fraction of sp³-hybridized carbons (Fsp3) is 0.435. The molecule has 2 aromatic carbocycles. The number of nitrogens with zero attached hydrogens (tertiary/aromatic N) is 5. The molecule has 1 saturated heterocycles. The van der Waals surface area contributed by atoms with Crippen LogP contribution in [0.2, 0.25) is 0 Å². The predicted octanol–water partition coefficient (Wildman–Crippen LogP) is 2.07. The maximum atomic E-state index is 14.3. The Kier molecular flexibility index (Phi) is 5.91. The number of anilines is 1. The third kappa shape index (κ3) is 4.25. The highest BCUT2D eigenvalue weighted by molar-refractivity contribution is 5.47. The predicted molar refractivity (Wildman–Crippen MR) is 117 cm³/mol. The first-order valence-electron chi connectivity index (χ1n) is 10.7. The molecule has 0 radical (unpaired) electrons. The summed E-state index contributed by atoms with van der Waals surface area (Å²) in [5, 5.41) is 12.8. The summed E-state index contributed by atoms with van der Waals surface area (Å²) in [6.07, 6.45) is 0. The van der Waals surface area contributed by atoms with Crippen LogP contribution in [0.1, 0.15) is 38.2 Å². The molecule has 7 nitrogen and oxygen atoms in total. The van der Waals surface area contributed by atoms with Gasteiger partial charge >= 0.3 is 0 Å². The van der Waals surface area contributed by atoms with E-state index in [0.717, 1.165) is 43.3 Å². The van der Waals surface area contributed by atoms with Gasteiger partial charge < -0.3 is 14.5 Å². The Balaban J connectivity index is 1.68. The smallest absolute Gasteiger partial charge is 0.214 e. The van der Waals surface area contributed by atoms with E-state index in [4.69, 9.17) is 4.74 Å². The number of tetrazole rings is 1. The van der Waals surface area contributed by atoms with Gasteiger partial charge in [0.15, 0.2) is 6.04 Å². The molecule has 0 bridgehead atoms. The van der Waals surface area contributed by atoms with Crippen LogP contribution in [0.15, 0.2) is 48.5 Å². The van der Waals surface area contributed by atoms with Gasteiger partial charge in [-0.25, -0.2) is 9.07 Å². The van der Waals surface area contributed by atoms with Crippen LogP contribution in [0.4, 0.5) is 10.1 Å². The van der Waals surface area contributed by atoms with E-state index in [0.29, 0.717) is 5.69 Å². The molecule has 1 aromatic heterocycles. The number of ether oxygens (including phenoxy) is 1. The molecule has 3 aromatic rings. The molecule has 0 saturated carbocycles. The lowest BCUT2D eigenvalue weighted by atomic mass is 10.0. The van der Waals surface area contributed by atoms with Crippen LogP contribution >= 0.6 is 0 Å². The zero-order valence-electron chi connectivity index (χ0n) is 18.5. The van der Waals surface area contributed by atoms with Gasteiger partial charge in [0.25, 0.3) is 0 Å². The van der Waals surface area contributed by atoms with Gasteiger partial charge in [-0.05, 0) is 55.5 Å². The van der Waals surface area contributed by atoms with Gasteiger partial charge in [-0.3, -0.25) is 0 Å². The largest absolute Gasteiger partial charge is 0.496 e. The summed E-state index contributed by atoms with van der Waals surface area (Å²) in [4.78, 5) is 3.45. The molecule has 4 rings (SSSR count). The van der Waals surface area contributed by atoms with Crippen molar-refractivity contribution < 1.29 is 14.0 Å². The number of rotatable bonds is 5. The Labute approximate surface area is 182 Å². The molecule has 164 valence electrons. The SMILES string of the molecule is COc1ccccc1[C@H](c1nnnn1C(C)(C)C)[NH+]1CCN(c2ccccc2F)CC1. The van der Waals surface area contributed by atoms with Crippen LogP contribution in [0, 0.1) is 5.82 Å². The van der Waals surface area contributed by atoms with E-state index in [9.17, 15) is 4.39 Å². The van der Waals surface area contributed by atoms with Crippen LogP contribution in [0.5, 0.6) is 5.75 Å². The summed E-state index contributed by atoms with van der Waals surface area (Å²) in [5.41, 5.74) is 1.46. The van der Waals surface area contributed by atoms with Crippen molar-refractivity contribution >= 4 is 5.69 Å². The lowest BCUT2D eigenvalue weighted by molar-refractivity contribution is -0.927. The summed E-state index contributed by atoms with van der Waals surface area (Å²) >= 11 is 0. The second-order valence-electron chi connectivity index (χ2n) is 8.89. The highest BCUT2D eigenvalue weighted by Crippen LogP contribution is 2.29. The van der Waals surface area contributed by atoms with E-state index in [1.807, 2.05) is 35.0 Å². The van der Waals surface area contributed by atoms with E-state index >= 15 is 0 Å². The number of piperazine rings is 1. The molecule has 2 heterocycles. The number of quaternary nitrogens is 1. The maximum Gasteiger partial charge on any atom is 0.214 e. The van der Waals surface area contributed by atoms with E-state index in [-0.39, 0.29) is 17.4 Å². The molecule has 0 amide bonds. The fourth-order valence-electron chi connectivity index (χ4n) is 4.33. The van der Waals surface area contributed by atoms with Crippen LogP contribution < -0.4 is 14.5 Å². The number of hydrogen-bond acceptors (Lipinski definition) is 5. The van der Waals surface area contributed by atoms with Gasteiger partial charge in [0.1, 0.15) is 11.6 Å². The molecule has 1 fully saturated rings. The zero-order chi connectivity index (χ0) is 22.0. The number of methoxy groups -OCH3 is 1. The normalized spacial score (nSPS) is 16.4. The number of benzene rings is 2. The molecule has 1 atom stereocenters. The summed E-state index contributed by atoms with van der Waals surface area (Å²) in [6.45, 7) is 9.44. The van der Waals surface area contributed by atoms with Crippen LogP contribution in [0.25, 0.3) is 0 Å². The van der Waals surface area contributed by atoms with E-state index in [1.54, 1.807) is 13.2 Å². The Bertz CT molecular complexity index is 1020. The van der Waals surface area contributed by atoms with Crippen LogP contribution in [-0.2, 0) is 5.54 Å². The number of aromatic nitrogens is 4. The third-order valence-corrected chi connectivity index (χ3v) is 5.84. The summed E-state index contributed by atoms with van der Waals surface area (Å²) in [7, 11) is 1.69. The second kappa shape index (κ2) is 8.63. The molecular formula is C23H30FN6O+. The Morgan fingerprint density at radius 2 is 1.71 bits per heavy atom. The fourth-order valence-corrected chi connectivity index (χ4v) is 4.33. The monoisotopic (exact) mass is 425 g/mol. The van der Waals surface area contributed by atoms with Gasteiger partial charge in [-0.1, -0.05) is 24.3 Å². The van der Waals surface area contributed by atoms with Crippen molar-refractivity contribution in [2.75, 3.05) is 38.2 Å². The van der Waals surface area contributed by atoms with Crippen molar-refractivity contribution in [1.82, 2.24) is 20.2 Å². The van der Waals surface area contributed by atoms with Crippen molar-refractivity contribution in [2.24, 2.45) is 0 Å². The van der Waals surface area contributed by atoms with Gasteiger partial charge in [-0.2, -0.15) is 0 Å². The number of hydrogen-bond donors (Lipinski definition) is 1. The molecule has 31 heavy (non-hydrogen) atoms. The molecule has 1 aliphatic heterocycles. The summed E-state index contributed by atoms with van der Waals surface area (Å²) < 4.78 is 21.9. The lowest BCUT2D eigenvalue weighted by Gasteiger charge is -2.38. The average molecular weight is 426 g/mol. The highest BCUT2D eigenvalue weighted by atomic mass is 19.1. The van der Waals surface area contributed by atoms with Crippen LogP contribution in [-0.4, -0.2) is 53.5 Å². The number of nitrogens with one attached hydrogen (secondary N) is 1. The molecule has 0 aliphatic carbocycles. The number of halogens is 1. The van der Waals surface area contributed by atoms with Crippen LogP contribution in [0.3, 0.4) is 0 Å². The van der Waals surface area contributed by atoms with E-state index in [2.05, 4.69) is 47.3 Å². The zero-order valence-corrected chi connectivity index (χ0v) is 18.5. The lowest BCUT2D eigenvalue weighted by Crippen LogP contribution is -3.15. The van der Waals surface area contributed by atoms with Crippen molar-refractivity contribution in [2.45, 2.75) is 32.4 Å². The quantitative estimate of drug-likeness (QED) is 0.678. The molecule has 1 aliphatic rings. The third-order valence-electron chi connectivity index (χ3n) is 5.84. The highest BCUT2D eigenvalue weighted by Gasteiger charge is 2.38. The molecule has 0 unspecified atom stereocenters. The first kappa shape index (κ1) is 21.2. The second-order valence-corrected chi connectivity index (χ2v) is 8.89. The summed E-state index contributed by atoms with van der Waals surface area (Å²) in [6, 6.07) is 14.9. The molecule has 8 heteroatoms. The van der Waals surface area contributed by atoms with Crippen molar-refractivity contribution in [3.05, 3.63) is 65.7 Å². The van der Waals surface area contributed by atoms with Gasteiger partial charge in [0.2, 0.25) is 5.82 Å². The molecular weight excluding hydrogens is 395 g/mol. The standard InChI is InChI=1S/C23H29FN6O/c1-23(2,3)30-22(25-26-27-30)21(17-9-5-8-12-20(17)31-4)29-15-13-28(14-16-29)19-11-7-6-10-18(19)24/h5-12,21H,13-16H2,1-4H3/p+1/t21-/m1/s1. The van der Waals surface area contributed by atoms with E-state index in [1.165, 1.54) is 11.0 Å². The van der Waals surface area contributed by atoms with E-state index < -0.39 is 0 Å². The van der Waals surface area contributed by atoms with Crippen molar-refractivity contribution in [3.8, 4) is 5.75 Å². The maximum absolute atomic E-state index is 14.3. The average Bonchev–Trinajstić information content (AvgIpc) is 3.25. The minimum absolute atomic E-state index is 0.0897. The topological polar surface area (TPSA) is 60.5 Å². The minimum atomic E-state index is -0.256. The first-order chi connectivity index (χ1) is 14.9. The van der Waals surface area contributed by atoms with Crippen molar-refractivity contribution in [3.63, 3.8) is 0 Å². The number of para-hydroxylation sites is 2. The Hall–Kier alpha value is -3.00. The Morgan fingerprint density at radius 3 is 2.39 bits per heavy atom.